The SMILES string of the molecule is CCOC(=O)c1scc(C(=O)O)c1CC(C)C. The summed E-state index contributed by atoms with van der Waals surface area (Å²) in [5.74, 6) is -1.14. The van der Waals surface area contributed by atoms with Crippen LogP contribution in [0, 0.1) is 5.92 Å². The quantitative estimate of drug-likeness (QED) is 0.823. The highest BCUT2D eigenvalue weighted by Crippen LogP contribution is 2.26. The Hall–Kier alpha value is -1.36. The second-order valence-corrected chi connectivity index (χ2v) is 4.96. The molecule has 0 aliphatic rings. The number of rotatable bonds is 5. The molecule has 0 saturated carbocycles. The smallest absolute Gasteiger partial charge is 0.348 e. The number of carbonyl (C=O) groups excluding carboxylic acids is 1. The van der Waals surface area contributed by atoms with Crippen LogP contribution >= 0.6 is 11.3 Å². The van der Waals surface area contributed by atoms with Gasteiger partial charge in [-0.05, 0) is 24.8 Å². The van der Waals surface area contributed by atoms with Crippen molar-refractivity contribution in [3.05, 3.63) is 21.4 Å². The Morgan fingerprint density at radius 2 is 2.12 bits per heavy atom. The second kappa shape index (κ2) is 5.82. The van der Waals surface area contributed by atoms with E-state index in [1.165, 1.54) is 5.38 Å². The zero-order valence-electron chi connectivity index (χ0n) is 10.1. The lowest BCUT2D eigenvalue weighted by atomic mass is 9.99. The largest absolute Gasteiger partial charge is 0.478 e. The predicted molar refractivity (Wildman–Crippen MR) is 65.8 cm³/mol. The van der Waals surface area contributed by atoms with Gasteiger partial charge in [-0.3, -0.25) is 0 Å². The molecule has 0 aromatic carbocycles. The summed E-state index contributed by atoms with van der Waals surface area (Å²) in [6.07, 6.45) is 0.569. The number of carboxylic acids is 1. The third-order valence-corrected chi connectivity index (χ3v) is 3.20. The van der Waals surface area contributed by atoms with Crippen molar-refractivity contribution >= 4 is 23.3 Å². The molecule has 1 heterocycles. The summed E-state index contributed by atoms with van der Waals surface area (Å²) in [6, 6.07) is 0. The average molecular weight is 256 g/mol. The van der Waals surface area contributed by atoms with Gasteiger partial charge in [-0.25, -0.2) is 9.59 Å². The van der Waals surface area contributed by atoms with E-state index in [2.05, 4.69) is 0 Å². The fraction of sp³-hybridized carbons (Fsp3) is 0.500. The van der Waals surface area contributed by atoms with Gasteiger partial charge in [0, 0.05) is 5.38 Å². The lowest BCUT2D eigenvalue weighted by molar-refractivity contribution is 0.0531. The summed E-state index contributed by atoms with van der Waals surface area (Å²) < 4.78 is 4.92. The Morgan fingerprint density at radius 1 is 1.47 bits per heavy atom. The fourth-order valence-corrected chi connectivity index (χ4v) is 2.51. The van der Waals surface area contributed by atoms with Gasteiger partial charge in [0.15, 0.2) is 0 Å². The minimum Gasteiger partial charge on any atom is -0.478 e. The van der Waals surface area contributed by atoms with Gasteiger partial charge in [0.05, 0.1) is 12.2 Å². The average Bonchev–Trinajstić information content (AvgIpc) is 2.60. The summed E-state index contributed by atoms with van der Waals surface area (Å²) >= 11 is 1.14. The van der Waals surface area contributed by atoms with Crippen molar-refractivity contribution in [3.8, 4) is 0 Å². The van der Waals surface area contributed by atoms with Crippen molar-refractivity contribution in [2.24, 2.45) is 5.92 Å². The van der Waals surface area contributed by atoms with Gasteiger partial charge in [-0.15, -0.1) is 11.3 Å². The number of aromatic carboxylic acids is 1. The van der Waals surface area contributed by atoms with Crippen LogP contribution in [-0.2, 0) is 11.2 Å². The first kappa shape index (κ1) is 13.7. The fourth-order valence-electron chi connectivity index (χ4n) is 1.54. The highest BCUT2D eigenvalue weighted by molar-refractivity contribution is 7.12. The van der Waals surface area contributed by atoms with E-state index in [4.69, 9.17) is 9.84 Å². The van der Waals surface area contributed by atoms with E-state index in [1.54, 1.807) is 6.92 Å². The molecule has 1 aromatic heterocycles. The zero-order valence-corrected chi connectivity index (χ0v) is 11.0. The van der Waals surface area contributed by atoms with Gasteiger partial charge in [0.1, 0.15) is 4.88 Å². The van der Waals surface area contributed by atoms with Crippen LogP contribution in [0.25, 0.3) is 0 Å². The third-order valence-electron chi connectivity index (χ3n) is 2.20. The maximum Gasteiger partial charge on any atom is 0.348 e. The van der Waals surface area contributed by atoms with E-state index in [-0.39, 0.29) is 11.5 Å². The van der Waals surface area contributed by atoms with E-state index in [0.717, 1.165) is 11.3 Å². The van der Waals surface area contributed by atoms with Crippen LogP contribution < -0.4 is 0 Å². The van der Waals surface area contributed by atoms with E-state index in [0.29, 0.717) is 23.5 Å². The molecule has 0 saturated heterocycles. The minimum absolute atomic E-state index is 0.215. The third kappa shape index (κ3) is 3.30. The number of hydrogen-bond donors (Lipinski definition) is 1. The standard InChI is InChI=1S/C12H16O4S/c1-4-16-12(15)10-8(5-7(2)3)9(6-17-10)11(13)14/h6-7H,4-5H2,1-3H3,(H,13,14). The molecule has 1 rings (SSSR count). The van der Waals surface area contributed by atoms with E-state index in [1.807, 2.05) is 13.8 Å². The highest BCUT2D eigenvalue weighted by atomic mass is 32.1. The molecule has 94 valence electrons. The van der Waals surface area contributed by atoms with E-state index >= 15 is 0 Å². The molecule has 0 bridgehead atoms. The Bertz CT molecular complexity index is 420. The number of esters is 1. The molecule has 4 nitrogen and oxygen atoms in total. The maximum absolute atomic E-state index is 11.7. The van der Waals surface area contributed by atoms with Crippen molar-refractivity contribution in [2.45, 2.75) is 27.2 Å². The van der Waals surface area contributed by atoms with Crippen molar-refractivity contribution in [3.63, 3.8) is 0 Å². The van der Waals surface area contributed by atoms with Crippen LogP contribution in [0.1, 0.15) is 46.4 Å². The van der Waals surface area contributed by atoms with Crippen LogP contribution in [0.2, 0.25) is 0 Å². The molecule has 0 amide bonds. The molecule has 5 heteroatoms. The zero-order chi connectivity index (χ0) is 13.0. The molecule has 0 spiro atoms. The number of carbonyl (C=O) groups is 2. The number of carboxylic acid groups (broad SMARTS) is 1. The molecule has 17 heavy (non-hydrogen) atoms. The normalized spacial score (nSPS) is 10.6. The van der Waals surface area contributed by atoms with Crippen molar-refractivity contribution in [2.75, 3.05) is 6.61 Å². The number of ether oxygens (including phenoxy) is 1. The first-order valence-corrected chi connectivity index (χ1v) is 6.36. The molecule has 1 aromatic rings. The molecular formula is C12H16O4S. The Balaban J connectivity index is 3.12. The molecule has 1 N–H and O–H groups in total. The first-order chi connectivity index (χ1) is 7.97. The summed E-state index contributed by atoms with van der Waals surface area (Å²) in [5.41, 5.74) is 0.808. The predicted octanol–water partition coefficient (Wildman–Crippen LogP) is 2.82. The van der Waals surface area contributed by atoms with Gasteiger partial charge in [-0.1, -0.05) is 13.8 Å². The lowest BCUT2D eigenvalue weighted by Crippen LogP contribution is -2.10. The van der Waals surface area contributed by atoms with Gasteiger partial charge in [0.25, 0.3) is 0 Å². The Kier molecular flexibility index (Phi) is 4.69. The molecular weight excluding hydrogens is 240 g/mol. The van der Waals surface area contributed by atoms with Crippen molar-refractivity contribution in [1.29, 1.82) is 0 Å². The van der Waals surface area contributed by atoms with Gasteiger partial charge >= 0.3 is 11.9 Å². The number of thiophene rings is 1. The monoisotopic (exact) mass is 256 g/mol. The second-order valence-electron chi connectivity index (χ2n) is 4.08. The molecule has 0 atom stereocenters. The van der Waals surface area contributed by atoms with Crippen molar-refractivity contribution in [1.82, 2.24) is 0 Å². The van der Waals surface area contributed by atoms with E-state index < -0.39 is 11.9 Å². The highest BCUT2D eigenvalue weighted by Gasteiger charge is 2.22. The van der Waals surface area contributed by atoms with Crippen LogP contribution in [0.5, 0.6) is 0 Å². The van der Waals surface area contributed by atoms with Crippen LogP contribution in [-0.4, -0.2) is 23.7 Å². The molecule has 0 radical (unpaired) electrons. The van der Waals surface area contributed by atoms with Gasteiger partial charge in [0.2, 0.25) is 0 Å². The molecule has 0 fully saturated rings. The topological polar surface area (TPSA) is 63.6 Å². The molecule has 0 unspecified atom stereocenters. The van der Waals surface area contributed by atoms with E-state index in [9.17, 15) is 9.59 Å². The van der Waals surface area contributed by atoms with Crippen LogP contribution in [0.3, 0.4) is 0 Å². The first-order valence-electron chi connectivity index (χ1n) is 5.48. The molecule has 0 aliphatic carbocycles. The Labute approximate surface area is 104 Å². The number of hydrogen-bond acceptors (Lipinski definition) is 4. The Morgan fingerprint density at radius 3 is 2.59 bits per heavy atom. The summed E-state index contributed by atoms with van der Waals surface area (Å²) in [7, 11) is 0. The van der Waals surface area contributed by atoms with Crippen molar-refractivity contribution < 1.29 is 19.4 Å². The van der Waals surface area contributed by atoms with Gasteiger partial charge in [-0.2, -0.15) is 0 Å². The summed E-state index contributed by atoms with van der Waals surface area (Å²) in [5, 5.41) is 10.6. The summed E-state index contributed by atoms with van der Waals surface area (Å²) in [6.45, 7) is 5.99. The van der Waals surface area contributed by atoms with Gasteiger partial charge < -0.3 is 9.84 Å². The summed E-state index contributed by atoms with van der Waals surface area (Å²) in [4.78, 5) is 23.1. The maximum atomic E-state index is 11.7. The molecule has 0 aliphatic heterocycles. The van der Waals surface area contributed by atoms with Crippen LogP contribution in [0.4, 0.5) is 0 Å². The van der Waals surface area contributed by atoms with Crippen LogP contribution in [0.15, 0.2) is 5.38 Å². The lowest BCUT2D eigenvalue weighted by Gasteiger charge is -2.07. The minimum atomic E-state index is -0.993.